The zero-order valence-electron chi connectivity index (χ0n) is 25.8. The van der Waals surface area contributed by atoms with Crippen LogP contribution in [0, 0.1) is 6.92 Å². The lowest BCUT2D eigenvalue weighted by Crippen LogP contribution is -2.28. The van der Waals surface area contributed by atoms with Gasteiger partial charge in [-0.05, 0) is 76.6 Å². The maximum absolute atomic E-state index is 9.53. The summed E-state index contributed by atoms with van der Waals surface area (Å²) in [7, 11) is 0. The zero-order chi connectivity index (χ0) is 33.3. The lowest BCUT2D eigenvalue weighted by Gasteiger charge is -2.15. The van der Waals surface area contributed by atoms with Crippen molar-refractivity contribution in [3.63, 3.8) is 0 Å². The summed E-state index contributed by atoms with van der Waals surface area (Å²) in [5, 5.41) is 48.6. The molecule has 0 radical (unpaired) electrons. The molecule has 0 amide bonds. The number of anilines is 2. The van der Waals surface area contributed by atoms with E-state index in [9.17, 15) is 10.2 Å². The number of aliphatic hydroxyl groups excluding tert-OH is 4. The molecule has 2 atom stereocenters. The molecule has 5 aromatic rings. The third-order valence-corrected chi connectivity index (χ3v) is 9.24. The van der Waals surface area contributed by atoms with Gasteiger partial charge in [0.05, 0.1) is 45.9 Å². The molecule has 0 bridgehead atoms. The van der Waals surface area contributed by atoms with Crippen LogP contribution in [0.5, 0.6) is 5.75 Å². The molecule has 0 saturated heterocycles. The first-order valence-electron chi connectivity index (χ1n) is 15.2. The van der Waals surface area contributed by atoms with E-state index in [2.05, 4.69) is 35.0 Å². The second-order valence-electron chi connectivity index (χ2n) is 11.2. The highest BCUT2D eigenvalue weighted by atomic mass is 35.5. The molecule has 47 heavy (non-hydrogen) atoms. The van der Waals surface area contributed by atoms with Crippen molar-refractivity contribution in [2.45, 2.75) is 38.8 Å². The van der Waals surface area contributed by atoms with Gasteiger partial charge in [0.15, 0.2) is 5.82 Å². The van der Waals surface area contributed by atoms with E-state index in [4.69, 9.17) is 42.5 Å². The molecule has 0 aliphatic heterocycles. The molecule has 12 heteroatoms. The van der Waals surface area contributed by atoms with E-state index >= 15 is 0 Å². The van der Waals surface area contributed by atoms with Gasteiger partial charge in [-0.2, -0.15) is 4.37 Å². The van der Waals surface area contributed by atoms with Crippen molar-refractivity contribution in [2.24, 2.45) is 0 Å². The van der Waals surface area contributed by atoms with Gasteiger partial charge in [0.1, 0.15) is 12.4 Å². The summed E-state index contributed by atoms with van der Waals surface area (Å²) in [4.78, 5) is 0. The number of nitrogens with zero attached hydrogens (tertiary/aromatic N) is 1. The minimum absolute atomic E-state index is 0.287. The second kappa shape index (κ2) is 16.7. The van der Waals surface area contributed by atoms with E-state index in [0.29, 0.717) is 35.5 Å². The molecule has 7 N–H and O–H groups in total. The van der Waals surface area contributed by atoms with Crippen LogP contribution in [0.3, 0.4) is 0 Å². The average Bonchev–Trinajstić information content (AvgIpc) is 3.49. The summed E-state index contributed by atoms with van der Waals surface area (Å²) in [5.74, 6) is 1.31. The maximum atomic E-state index is 9.53. The van der Waals surface area contributed by atoms with E-state index < -0.39 is 12.2 Å². The highest BCUT2D eigenvalue weighted by molar-refractivity contribution is 7.14. The average molecular weight is 698 g/mol. The Bertz CT molecular complexity index is 1800. The molecule has 0 aliphatic carbocycles. The summed E-state index contributed by atoms with van der Waals surface area (Å²) in [6.07, 6.45) is -1.60. The highest BCUT2D eigenvalue weighted by Crippen LogP contribution is 2.39. The highest BCUT2D eigenvalue weighted by Gasteiger charge is 2.16. The lowest BCUT2D eigenvalue weighted by atomic mass is 9.96. The Morgan fingerprint density at radius 2 is 1.45 bits per heavy atom. The maximum Gasteiger partial charge on any atom is 0.152 e. The topological polar surface area (TPSA) is 139 Å². The Morgan fingerprint density at radius 3 is 2.11 bits per heavy atom. The summed E-state index contributed by atoms with van der Waals surface area (Å²) in [6.45, 7) is 3.46. The normalized spacial score (nSPS) is 12.7. The number of halogens is 2. The summed E-state index contributed by atoms with van der Waals surface area (Å²) < 4.78 is 11.9. The molecule has 0 aliphatic rings. The Hall–Kier alpha value is -3.29. The minimum atomic E-state index is -0.799. The molecule has 0 spiro atoms. The van der Waals surface area contributed by atoms with Gasteiger partial charge >= 0.3 is 0 Å². The Kier molecular flexibility index (Phi) is 12.4. The third kappa shape index (κ3) is 8.99. The molecule has 0 unspecified atom stereocenters. The standard InChI is InChI=1S/C35H38Cl2N4O5S/c1-21-24(20-46-33-11-9-23(13-31(33)37)15-39-17-26(45)19-43)4-2-5-27(21)28-6-3-7-29-34(28)47-41-35(29)40-32-10-8-22(12-30(32)36)14-38-16-25(44)18-42/h2-13,25-26,38-39,42-45H,14-20H2,1H3,(H,40,41)/t25-,26-/m0/s1. The smallest absolute Gasteiger partial charge is 0.152 e. The van der Waals surface area contributed by atoms with Crippen molar-refractivity contribution in [1.29, 1.82) is 0 Å². The summed E-state index contributed by atoms with van der Waals surface area (Å²) in [5.41, 5.74) is 6.94. The first-order valence-corrected chi connectivity index (χ1v) is 16.7. The van der Waals surface area contributed by atoms with Gasteiger partial charge in [-0.1, -0.05) is 65.7 Å². The van der Waals surface area contributed by atoms with Gasteiger partial charge < -0.3 is 41.1 Å². The van der Waals surface area contributed by atoms with Crippen LogP contribution in [0.25, 0.3) is 21.2 Å². The number of benzene rings is 4. The monoisotopic (exact) mass is 696 g/mol. The molecular weight excluding hydrogens is 659 g/mol. The molecule has 1 aromatic heterocycles. The second-order valence-corrected chi connectivity index (χ2v) is 12.8. The van der Waals surface area contributed by atoms with Crippen LogP contribution in [-0.2, 0) is 19.7 Å². The van der Waals surface area contributed by atoms with Gasteiger partial charge in [0.2, 0.25) is 0 Å². The van der Waals surface area contributed by atoms with Crippen LogP contribution in [0.4, 0.5) is 11.5 Å². The quantitative estimate of drug-likeness (QED) is 0.0684. The number of ether oxygens (including phenoxy) is 1. The van der Waals surface area contributed by atoms with E-state index in [-0.39, 0.29) is 26.3 Å². The van der Waals surface area contributed by atoms with Crippen molar-refractivity contribution < 1.29 is 25.2 Å². The summed E-state index contributed by atoms with van der Waals surface area (Å²) in [6, 6.07) is 23.7. The lowest BCUT2D eigenvalue weighted by molar-refractivity contribution is 0.0942. The third-order valence-electron chi connectivity index (χ3n) is 7.74. The van der Waals surface area contributed by atoms with Crippen LogP contribution in [0.15, 0.2) is 72.8 Å². The first kappa shape index (κ1) is 35.0. The number of aromatic nitrogens is 1. The van der Waals surface area contributed by atoms with Crippen LogP contribution < -0.4 is 20.7 Å². The van der Waals surface area contributed by atoms with Crippen molar-refractivity contribution in [3.8, 4) is 16.9 Å². The number of fused-ring (bicyclic) bond motifs is 1. The van der Waals surface area contributed by atoms with Gasteiger partial charge in [0, 0.05) is 37.1 Å². The predicted molar refractivity (Wildman–Crippen MR) is 190 cm³/mol. The van der Waals surface area contributed by atoms with E-state index in [1.54, 1.807) is 0 Å². The number of hydrogen-bond acceptors (Lipinski definition) is 10. The van der Waals surface area contributed by atoms with Crippen LogP contribution in [-0.4, -0.2) is 63.3 Å². The molecular formula is C35H38Cl2N4O5S. The Balaban J connectivity index is 1.28. The van der Waals surface area contributed by atoms with Crippen molar-refractivity contribution in [1.82, 2.24) is 15.0 Å². The summed E-state index contributed by atoms with van der Waals surface area (Å²) >= 11 is 14.6. The van der Waals surface area contributed by atoms with Crippen LogP contribution in [0.2, 0.25) is 10.0 Å². The molecule has 4 aromatic carbocycles. The van der Waals surface area contributed by atoms with E-state index in [0.717, 1.165) is 55.0 Å². The van der Waals surface area contributed by atoms with Crippen molar-refractivity contribution >= 4 is 56.3 Å². The first-order chi connectivity index (χ1) is 22.8. The number of hydrogen-bond donors (Lipinski definition) is 7. The van der Waals surface area contributed by atoms with Gasteiger partial charge in [-0.25, -0.2) is 0 Å². The van der Waals surface area contributed by atoms with Gasteiger partial charge in [-0.15, -0.1) is 0 Å². The van der Waals surface area contributed by atoms with Gasteiger partial charge in [0.25, 0.3) is 0 Å². The van der Waals surface area contributed by atoms with E-state index in [1.807, 2.05) is 60.7 Å². The van der Waals surface area contributed by atoms with Crippen LogP contribution in [0.1, 0.15) is 22.3 Å². The molecule has 1 heterocycles. The predicted octanol–water partition coefficient (Wildman–Crippen LogP) is 5.79. The Labute approximate surface area is 287 Å². The molecule has 248 valence electrons. The van der Waals surface area contributed by atoms with Crippen LogP contribution >= 0.6 is 34.7 Å². The van der Waals surface area contributed by atoms with Crippen molar-refractivity contribution in [3.05, 3.63) is 105 Å². The fourth-order valence-electron chi connectivity index (χ4n) is 5.12. The fourth-order valence-corrected chi connectivity index (χ4v) is 6.49. The largest absolute Gasteiger partial charge is 0.487 e. The van der Waals surface area contributed by atoms with E-state index in [1.165, 1.54) is 11.5 Å². The SMILES string of the molecule is Cc1c(COc2ccc(CNC[C@H](O)CO)cc2Cl)cccc1-c1cccc2c(Nc3ccc(CNC[C@H](O)CO)cc3Cl)nsc12. The minimum Gasteiger partial charge on any atom is -0.487 e. The number of nitrogens with one attached hydrogen (secondary N) is 3. The molecule has 5 rings (SSSR count). The number of aliphatic hydroxyl groups is 4. The zero-order valence-corrected chi connectivity index (χ0v) is 28.2. The van der Waals surface area contributed by atoms with Gasteiger partial charge in [-0.3, -0.25) is 0 Å². The molecule has 0 saturated carbocycles. The Morgan fingerprint density at radius 1 is 0.809 bits per heavy atom. The molecule has 0 fully saturated rings. The fraction of sp³-hybridized carbons (Fsp3) is 0.286. The van der Waals surface area contributed by atoms with Crippen molar-refractivity contribution in [2.75, 3.05) is 31.6 Å². The molecule has 9 nitrogen and oxygen atoms in total. The number of rotatable bonds is 16.